The molecule has 7 nitrogen and oxygen atoms in total. The van der Waals surface area contributed by atoms with Crippen LogP contribution in [0.4, 0.5) is 0 Å². The number of amides is 2. The molecule has 8 heteroatoms. The zero-order valence-electron chi connectivity index (χ0n) is 12.6. The molecule has 1 unspecified atom stereocenters. The second kappa shape index (κ2) is 5.69. The van der Waals surface area contributed by atoms with Gasteiger partial charge in [0.2, 0.25) is 5.91 Å². The lowest BCUT2D eigenvalue weighted by molar-refractivity contribution is -0.147. The van der Waals surface area contributed by atoms with E-state index in [1.807, 2.05) is 0 Å². The molecular formula is C14H18N2O5S. The highest BCUT2D eigenvalue weighted by molar-refractivity contribution is 7.90. The molecule has 22 heavy (non-hydrogen) atoms. The van der Waals surface area contributed by atoms with Gasteiger partial charge in [-0.25, -0.2) is 8.42 Å². The number of nitrogens with two attached hydrogens (primary N) is 1. The minimum Gasteiger partial charge on any atom is -0.372 e. The third-order valence-corrected chi connectivity index (χ3v) is 4.85. The molecule has 0 radical (unpaired) electrons. The van der Waals surface area contributed by atoms with E-state index in [0.717, 1.165) is 6.26 Å². The van der Waals surface area contributed by atoms with Crippen molar-refractivity contribution in [1.29, 1.82) is 0 Å². The molecular weight excluding hydrogens is 308 g/mol. The summed E-state index contributed by atoms with van der Waals surface area (Å²) in [5, 5.41) is 0. The third-order valence-electron chi connectivity index (χ3n) is 3.74. The highest BCUT2D eigenvalue weighted by atomic mass is 32.2. The van der Waals surface area contributed by atoms with Crippen molar-refractivity contribution in [1.82, 2.24) is 4.90 Å². The van der Waals surface area contributed by atoms with Gasteiger partial charge in [0.1, 0.15) is 12.1 Å². The summed E-state index contributed by atoms with van der Waals surface area (Å²) in [5.41, 5.74) is 6.57. The van der Waals surface area contributed by atoms with Crippen LogP contribution < -0.4 is 5.73 Å². The first kappa shape index (κ1) is 16.4. The van der Waals surface area contributed by atoms with Crippen molar-refractivity contribution >= 4 is 21.7 Å². The fourth-order valence-corrected chi connectivity index (χ4v) is 3.18. The van der Waals surface area contributed by atoms with Crippen LogP contribution in [0.1, 0.15) is 24.1 Å². The predicted molar refractivity (Wildman–Crippen MR) is 78.5 cm³/mol. The standard InChI is InChI=1S/C14H18N2O5S/c1-8(21-2)14(18)16-7-9-6-10(22(3,19)20)4-5-11(9)12(16)13(15)17/h4-6,8,12H,7H2,1-3H3,(H2,15,17)/t8-,12?/m1/s1. The van der Waals surface area contributed by atoms with E-state index in [2.05, 4.69) is 0 Å². The summed E-state index contributed by atoms with van der Waals surface area (Å²) < 4.78 is 28.2. The average Bonchev–Trinajstić information content (AvgIpc) is 2.82. The molecule has 0 bridgehead atoms. The van der Waals surface area contributed by atoms with E-state index in [1.54, 1.807) is 6.92 Å². The number of hydrogen-bond acceptors (Lipinski definition) is 5. The molecule has 1 heterocycles. The molecule has 2 N–H and O–H groups in total. The Morgan fingerprint density at radius 3 is 2.55 bits per heavy atom. The first-order valence-electron chi connectivity index (χ1n) is 6.62. The van der Waals surface area contributed by atoms with Gasteiger partial charge >= 0.3 is 0 Å². The van der Waals surface area contributed by atoms with Crippen LogP contribution in [0.15, 0.2) is 23.1 Å². The summed E-state index contributed by atoms with van der Waals surface area (Å²) in [6, 6.07) is 3.52. The van der Waals surface area contributed by atoms with Crippen LogP contribution in [0, 0.1) is 0 Å². The molecule has 1 aromatic carbocycles. The van der Waals surface area contributed by atoms with Gasteiger partial charge in [-0.2, -0.15) is 0 Å². The largest absolute Gasteiger partial charge is 0.372 e. The minimum atomic E-state index is -3.37. The quantitative estimate of drug-likeness (QED) is 0.837. The lowest BCUT2D eigenvalue weighted by Crippen LogP contribution is -2.42. The Morgan fingerprint density at radius 2 is 2.05 bits per heavy atom. The van der Waals surface area contributed by atoms with Gasteiger partial charge in [-0.1, -0.05) is 6.07 Å². The van der Waals surface area contributed by atoms with Crippen LogP contribution in [0.25, 0.3) is 0 Å². The smallest absolute Gasteiger partial charge is 0.252 e. The molecule has 2 amide bonds. The highest BCUT2D eigenvalue weighted by Crippen LogP contribution is 2.35. The number of nitrogens with zero attached hydrogens (tertiary/aromatic N) is 1. The van der Waals surface area contributed by atoms with Gasteiger partial charge in [0.25, 0.3) is 5.91 Å². The second-order valence-electron chi connectivity index (χ2n) is 5.28. The van der Waals surface area contributed by atoms with Crippen molar-refractivity contribution < 1.29 is 22.7 Å². The maximum absolute atomic E-state index is 12.3. The first-order chi connectivity index (χ1) is 10.2. The topological polar surface area (TPSA) is 107 Å². The minimum absolute atomic E-state index is 0.124. The molecule has 1 aliphatic rings. The molecule has 0 aromatic heterocycles. The predicted octanol–water partition coefficient (Wildman–Crippen LogP) is -0.00640. The Labute approximate surface area is 129 Å². The third kappa shape index (κ3) is 2.84. The molecule has 120 valence electrons. The summed E-state index contributed by atoms with van der Waals surface area (Å²) in [6.07, 6.45) is 0.385. The Morgan fingerprint density at radius 1 is 1.41 bits per heavy atom. The van der Waals surface area contributed by atoms with Gasteiger partial charge in [0.15, 0.2) is 9.84 Å². The zero-order valence-corrected chi connectivity index (χ0v) is 13.4. The molecule has 1 aliphatic heterocycles. The average molecular weight is 326 g/mol. The molecule has 1 aromatic rings. The normalized spacial score (nSPS) is 18.9. The van der Waals surface area contributed by atoms with Crippen LogP contribution >= 0.6 is 0 Å². The SMILES string of the molecule is CO[C@H](C)C(=O)N1Cc2cc(S(C)(=O)=O)ccc2C1C(N)=O. The van der Waals surface area contributed by atoms with Crippen LogP contribution in [-0.2, 0) is 30.7 Å². The summed E-state index contributed by atoms with van der Waals surface area (Å²) in [4.78, 5) is 25.5. The summed E-state index contributed by atoms with van der Waals surface area (Å²) in [5.74, 6) is -1.04. The Bertz CT molecular complexity index is 729. The number of carbonyl (C=O) groups excluding carboxylic acids is 2. The summed E-state index contributed by atoms with van der Waals surface area (Å²) in [6.45, 7) is 1.70. The number of benzene rings is 1. The fourth-order valence-electron chi connectivity index (χ4n) is 2.51. The zero-order chi connectivity index (χ0) is 16.7. The number of sulfone groups is 1. The maximum atomic E-state index is 12.3. The van der Waals surface area contributed by atoms with Crippen LogP contribution in [0.2, 0.25) is 0 Å². The molecule has 0 aliphatic carbocycles. The lowest BCUT2D eigenvalue weighted by Gasteiger charge is -2.25. The van der Waals surface area contributed by atoms with Gasteiger partial charge < -0.3 is 15.4 Å². The number of methoxy groups -OCH3 is 1. The summed E-state index contributed by atoms with van der Waals surface area (Å²) in [7, 11) is -1.97. The molecule has 2 rings (SSSR count). The Hall–Kier alpha value is -1.93. The monoisotopic (exact) mass is 326 g/mol. The van der Waals surface area contributed by atoms with Crippen LogP contribution in [-0.4, -0.2) is 44.6 Å². The number of hydrogen-bond donors (Lipinski definition) is 1. The number of carbonyl (C=O) groups is 2. The van der Waals surface area contributed by atoms with E-state index in [1.165, 1.54) is 30.2 Å². The van der Waals surface area contributed by atoms with E-state index in [-0.39, 0.29) is 17.3 Å². The summed E-state index contributed by atoms with van der Waals surface area (Å²) >= 11 is 0. The van der Waals surface area contributed by atoms with E-state index in [9.17, 15) is 18.0 Å². The van der Waals surface area contributed by atoms with Crippen molar-refractivity contribution in [3.63, 3.8) is 0 Å². The van der Waals surface area contributed by atoms with Gasteiger partial charge in [-0.05, 0) is 30.2 Å². The van der Waals surface area contributed by atoms with E-state index < -0.39 is 27.9 Å². The van der Waals surface area contributed by atoms with E-state index in [0.29, 0.717) is 11.1 Å². The molecule has 0 fully saturated rings. The van der Waals surface area contributed by atoms with Gasteiger partial charge in [0.05, 0.1) is 4.90 Å². The van der Waals surface area contributed by atoms with Crippen molar-refractivity contribution in [3.05, 3.63) is 29.3 Å². The van der Waals surface area contributed by atoms with Crippen LogP contribution in [0.3, 0.4) is 0 Å². The Balaban J connectivity index is 2.47. The number of fused-ring (bicyclic) bond motifs is 1. The molecule has 2 atom stereocenters. The maximum Gasteiger partial charge on any atom is 0.252 e. The molecule has 0 saturated carbocycles. The lowest BCUT2D eigenvalue weighted by atomic mass is 10.0. The first-order valence-corrected chi connectivity index (χ1v) is 8.51. The van der Waals surface area contributed by atoms with Crippen molar-refractivity contribution in [2.24, 2.45) is 5.73 Å². The van der Waals surface area contributed by atoms with Crippen molar-refractivity contribution in [3.8, 4) is 0 Å². The molecule has 0 spiro atoms. The number of primary amides is 1. The number of ether oxygens (including phenoxy) is 1. The number of rotatable bonds is 4. The van der Waals surface area contributed by atoms with E-state index in [4.69, 9.17) is 10.5 Å². The van der Waals surface area contributed by atoms with Gasteiger partial charge in [0, 0.05) is 19.9 Å². The van der Waals surface area contributed by atoms with Crippen molar-refractivity contribution in [2.45, 2.75) is 30.5 Å². The molecule has 0 saturated heterocycles. The highest BCUT2D eigenvalue weighted by Gasteiger charge is 2.39. The van der Waals surface area contributed by atoms with Gasteiger partial charge in [-0.3, -0.25) is 9.59 Å². The second-order valence-corrected chi connectivity index (χ2v) is 7.30. The van der Waals surface area contributed by atoms with Gasteiger partial charge in [-0.15, -0.1) is 0 Å². The Kier molecular flexibility index (Phi) is 4.25. The fraction of sp³-hybridized carbons (Fsp3) is 0.429. The van der Waals surface area contributed by atoms with Crippen molar-refractivity contribution in [2.75, 3.05) is 13.4 Å². The van der Waals surface area contributed by atoms with E-state index >= 15 is 0 Å². The van der Waals surface area contributed by atoms with Crippen LogP contribution in [0.5, 0.6) is 0 Å².